The van der Waals surface area contributed by atoms with Crippen LogP contribution < -0.4 is 5.73 Å². The zero-order valence-corrected chi connectivity index (χ0v) is 7.76. The van der Waals surface area contributed by atoms with E-state index in [1.165, 1.54) is 0 Å². The van der Waals surface area contributed by atoms with Crippen LogP contribution in [0.15, 0.2) is 0 Å². The maximum absolute atomic E-state index is 11.3. The average Bonchev–Trinajstić information content (AvgIpc) is 2.02. The smallest absolute Gasteiger partial charge is 0.137 e. The van der Waals surface area contributed by atoms with E-state index in [1.807, 2.05) is 6.92 Å². The summed E-state index contributed by atoms with van der Waals surface area (Å²) in [6.45, 7) is 6.58. The maximum atomic E-state index is 11.3. The van der Waals surface area contributed by atoms with E-state index in [4.69, 9.17) is 5.73 Å². The molecular weight excluding hydrogens is 138 g/mol. The van der Waals surface area contributed by atoms with Gasteiger partial charge in [-0.15, -0.1) is 0 Å². The second kappa shape index (κ2) is 5.30. The summed E-state index contributed by atoms with van der Waals surface area (Å²) in [5.41, 5.74) is 5.37. The largest absolute Gasteiger partial charge is 0.330 e. The van der Waals surface area contributed by atoms with Crippen molar-refractivity contribution in [3.05, 3.63) is 0 Å². The zero-order valence-electron chi connectivity index (χ0n) is 7.76. The minimum atomic E-state index is 0.0454. The molecule has 11 heavy (non-hydrogen) atoms. The first-order valence-corrected chi connectivity index (χ1v) is 4.34. The number of carbonyl (C=O) groups excluding carboxylic acids is 1. The molecule has 0 aliphatic rings. The molecule has 0 bridgehead atoms. The number of Topliss-reactive ketones (excluding diaryl/α,β-unsaturated/α-hetero) is 1. The third-order valence-electron chi connectivity index (χ3n) is 2.15. The second-order valence-electron chi connectivity index (χ2n) is 3.32. The predicted molar refractivity (Wildman–Crippen MR) is 47.3 cm³/mol. The van der Waals surface area contributed by atoms with Gasteiger partial charge in [-0.3, -0.25) is 4.79 Å². The Kier molecular flexibility index (Phi) is 5.12. The molecule has 2 nitrogen and oxygen atoms in total. The standard InChI is InChI=1S/C9H19NO/c1-4-7(2)5-9(11)8(3)6-10/h7-8H,4-6,10H2,1-3H3. The van der Waals surface area contributed by atoms with Crippen molar-refractivity contribution in [2.75, 3.05) is 6.54 Å². The van der Waals surface area contributed by atoms with Crippen molar-refractivity contribution in [2.45, 2.75) is 33.6 Å². The van der Waals surface area contributed by atoms with E-state index in [1.54, 1.807) is 0 Å². The van der Waals surface area contributed by atoms with Crippen LogP contribution in [0.5, 0.6) is 0 Å². The molecule has 0 fully saturated rings. The molecule has 0 saturated heterocycles. The minimum absolute atomic E-state index is 0.0454. The van der Waals surface area contributed by atoms with Gasteiger partial charge in [0.05, 0.1) is 0 Å². The molecule has 0 radical (unpaired) electrons. The first kappa shape index (κ1) is 10.6. The van der Waals surface area contributed by atoms with Crippen LogP contribution in [0.1, 0.15) is 33.6 Å². The van der Waals surface area contributed by atoms with Gasteiger partial charge < -0.3 is 5.73 Å². The molecule has 66 valence electrons. The van der Waals surface area contributed by atoms with Gasteiger partial charge in [-0.25, -0.2) is 0 Å². The predicted octanol–water partition coefficient (Wildman–Crippen LogP) is 1.59. The number of hydrogen-bond donors (Lipinski definition) is 1. The fourth-order valence-corrected chi connectivity index (χ4v) is 0.820. The van der Waals surface area contributed by atoms with Crippen molar-refractivity contribution >= 4 is 5.78 Å². The van der Waals surface area contributed by atoms with E-state index in [-0.39, 0.29) is 5.92 Å². The van der Waals surface area contributed by atoms with E-state index < -0.39 is 0 Å². The van der Waals surface area contributed by atoms with Crippen LogP contribution >= 0.6 is 0 Å². The molecular formula is C9H19NO. The molecule has 0 aliphatic carbocycles. The van der Waals surface area contributed by atoms with Crippen molar-refractivity contribution in [3.63, 3.8) is 0 Å². The Bertz CT molecular complexity index is 123. The first-order chi connectivity index (χ1) is 5.11. The molecule has 0 heterocycles. The number of rotatable bonds is 5. The lowest BCUT2D eigenvalue weighted by atomic mass is 9.95. The van der Waals surface area contributed by atoms with Crippen LogP contribution in [0.2, 0.25) is 0 Å². The molecule has 0 saturated carbocycles. The van der Waals surface area contributed by atoms with Crippen molar-refractivity contribution in [2.24, 2.45) is 17.6 Å². The van der Waals surface area contributed by atoms with Crippen LogP contribution in [0, 0.1) is 11.8 Å². The van der Waals surface area contributed by atoms with Crippen LogP contribution in [0.25, 0.3) is 0 Å². The Morgan fingerprint density at radius 1 is 1.45 bits per heavy atom. The van der Waals surface area contributed by atoms with Crippen molar-refractivity contribution in [1.82, 2.24) is 0 Å². The summed E-state index contributed by atoms with van der Waals surface area (Å²) in [7, 11) is 0. The quantitative estimate of drug-likeness (QED) is 0.658. The van der Waals surface area contributed by atoms with Gasteiger partial charge in [0.15, 0.2) is 0 Å². The number of nitrogens with two attached hydrogens (primary N) is 1. The van der Waals surface area contributed by atoms with E-state index in [0.29, 0.717) is 24.7 Å². The molecule has 2 atom stereocenters. The lowest BCUT2D eigenvalue weighted by Gasteiger charge is -2.10. The molecule has 0 amide bonds. The van der Waals surface area contributed by atoms with Crippen molar-refractivity contribution in [3.8, 4) is 0 Å². The molecule has 2 heteroatoms. The Labute approximate surface area is 69.2 Å². The Balaban J connectivity index is 3.68. The normalized spacial score (nSPS) is 16.0. The second-order valence-corrected chi connectivity index (χ2v) is 3.32. The summed E-state index contributed by atoms with van der Waals surface area (Å²) in [5.74, 6) is 0.863. The van der Waals surface area contributed by atoms with E-state index >= 15 is 0 Å². The van der Waals surface area contributed by atoms with Gasteiger partial charge in [-0.1, -0.05) is 27.2 Å². The van der Waals surface area contributed by atoms with Gasteiger partial charge in [0, 0.05) is 18.9 Å². The van der Waals surface area contributed by atoms with E-state index in [0.717, 1.165) is 6.42 Å². The lowest BCUT2D eigenvalue weighted by molar-refractivity contribution is -0.122. The number of carbonyl (C=O) groups is 1. The van der Waals surface area contributed by atoms with Gasteiger partial charge in [-0.2, -0.15) is 0 Å². The summed E-state index contributed by atoms with van der Waals surface area (Å²) < 4.78 is 0. The van der Waals surface area contributed by atoms with Gasteiger partial charge in [0.25, 0.3) is 0 Å². The van der Waals surface area contributed by atoms with Gasteiger partial charge >= 0.3 is 0 Å². The SMILES string of the molecule is CCC(C)CC(=O)C(C)CN. The monoisotopic (exact) mass is 157 g/mol. The summed E-state index contributed by atoms with van der Waals surface area (Å²) in [6, 6.07) is 0. The average molecular weight is 157 g/mol. The highest BCUT2D eigenvalue weighted by molar-refractivity contribution is 5.81. The third kappa shape index (κ3) is 4.14. The van der Waals surface area contributed by atoms with Gasteiger partial charge in [0.2, 0.25) is 0 Å². The van der Waals surface area contributed by atoms with E-state index in [2.05, 4.69) is 13.8 Å². The Morgan fingerprint density at radius 3 is 2.36 bits per heavy atom. The van der Waals surface area contributed by atoms with Crippen LogP contribution in [-0.2, 0) is 4.79 Å². The topological polar surface area (TPSA) is 43.1 Å². The van der Waals surface area contributed by atoms with Gasteiger partial charge in [0.1, 0.15) is 5.78 Å². The molecule has 0 spiro atoms. The summed E-state index contributed by atoms with van der Waals surface area (Å²) in [4.78, 5) is 11.3. The molecule has 0 rings (SSSR count). The highest BCUT2D eigenvalue weighted by Gasteiger charge is 2.13. The molecule has 2 N–H and O–H groups in total. The highest BCUT2D eigenvalue weighted by atomic mass is 16.1. The number of hydrogen-bond acceptors (Lipinski definition) is 2. The Morgan fingerprint density at radius 2 is 2.00 bits per heavy atom. The maximum Gasteiger partial charge on any atom is 0.137 e. The Hall–Kier alpha value is -0.370. The first-order valence-electron chi connectivity index (χ1n) is 4.34. The number of ketones is 1. The van der Waals surface area contributed by atoms with Gasteiger partial charge in [-0.05, 0) is 5.92 Å². The van der Waals surface area contributed by atoms with Crippen LogP contribution in [-0.4, -0.2) is 12.3 Å². The molecule has 0 aromatic rings. The summed E-state index contributed by atoms with van der Waals surface area (Å²) in [5, 5.41) is 0. The van der Waals surface area contributed by atoms with Crippen molar-refractivity contribution < 1.29 is 4.79 Å². The van der Waals surface area contributed by atoms with Crippen LogP contribution in [0.3, 0.4) is 0 Å². The fraction of sp³-hybridized carbons (Fsp3) is 0.889. The van der Waals surface area contributed by atoms with Crippen LogP contribution in [0.4, 0.5) is 0 Å². The summed E-state index contributed by atoms with van der Waals surface area (Å²) >= 11 is 0. The summed E-state index contributed by atoms with van der Waals surface area (Å²) in [6.07, 6.45) is 1.76. The van der Waals surface area contributed by atoms with Crippen molar-refractivity contribution in [1.29, 1.82) is 0 Å². The lowest BCUT2D eigenvalue weighted by Crippen LogP contribution is -2.21. The minimum Gasteiger partial charge on any atom is -0.330 e. The molecule has 0 aromatic carbocycles. The third-order valence-corrected chi connectivity index (χ3v) is 2.15. The zero-order chi connectivity index (χ0) is 8.85. The fourth-order valence-electron chi connectivity index (χ4n) is 0.820. The van der Waals surface area contributed by atoms with E-state index in [9.17, 15) is 4.79 Å². The molecule has 0 aromatic heterocycles. The molecule has 2 unspecified atom stereocenters. The highest BCUT2D eigenvalue weighted by Crippen LogP contribution is 2.10. The molecule has 0 aliphatic heterocycles.